The second-order valence-corrected chi connectivity index (χ2v) is 11.1. The molecule has 0 saturated heterocycles. The standard InChI is InChI=1S/C24H26P2/c1-3-19-25(22-13-7-4-8-14-22)20-21(2)26(23-15-9-5-10-16-23)24-17-11-6-12-18-24/h3-19,21H,20H2,1-2H3/b19-3+/t21-,25?/m1/s1. The van der Waals surface area contributed by atoms with Gasteiger partial charge in [-0.25, -0.2) is 0 Å². The number of rotatable bonds is 7. The van der Waals surface area contributed by atoms with Gasteiger partial charge in [0.2, 0.25) is 0 Å². The van der Waals surface area contributed by atoms with Crippen molar-refractivity contribution in [1.29, 1.82) is 0 Å². The third kappa shape index (κ3) is 4.91. The molecule has 0 amide bonds. The van der Waals surface area contributed by atoms with Crippen LogP contribution in [0.2, 0.25) is 0 Å². The number of benzene rings is 3. The zero-order chi connectivity index (χ0) is 18.2. The van der Waals surface area contributed by atoms with Crippen molar-refractivity contribution in [2.24, 2.45) is 0 Å². The lowest BCUT2D eigenvalue weighted by Crippen LogP contribution is -2.22. The van der Waals surface area contributed by atoms with E-state index >= 15 is 0 Å². The number of hydrogen-bond acceptors (Lipinski definition) is 0. The Morgan fingerprint density at radius 1 is 0.692 bits per heavy atom. The molecule has 2 heteroatoms. The van der Waals surface area contributed by atoms with Gasteiger partial charge in [0, 0.05) is 0 Å². The predicted octanol–water partition coefficient (Wildman–Crippen LogP) is 5.85. The van der Waals surface area contributed by atoms with E-state index in [1.54, 1.807) is 0 Å². The summed E-state index contributed by atoms with van der Waals surface area (Å²) >= 11 is 0. The predicted molar refractivity (Wildman–Crippen MR) is 121 cm³/mol. The molecule has 0 aliphatic carbocycles. The molecule has 26 heavy (non-hydrogen) atoms. The van der Waals surface area contributed by atoms with Gasteiger partial charge in [-0.05, 0) is 42.6 Å². The fourth-order valence-electron chi connectivity index (χ4n) is 3.25. The van der Waals surface area contributed by atoms with Crippen molar-refractivity contribution in [3.63, 3.8) is 0 Å². The number of allylic oxidation sites excluding steroid dienone is 1. The van der Waals surface area contributed by atoms with E-state index in [1.807, 2.05) is 0 Å². The molecule has 0 nitrogen and oxygen atoms in total. The Bertz CT molecular complexity index is 758. The lowest BCUT2D eigenvalue weighted by atomic mass is 10.4. The maximum absolute atomic E-state index is 2.44. The van der Waals surface area contributed by atoms with Crippen LogP contribution in [0.25, 0.3) is 0 Å². The van der Waals surface area contributed by atoms with Gasteiger partial charge < -0.3 is 0 Å². The second kappa shape index (κ2) is 9.82. The first-order chi connectivity index (χ1) is 12.8. The smallest absolute Gasteiger partial charge is 0.0112 e. The third-order valence-electron chi connectivity index (χ3n) is 4.39. The quantitative estimate of drug-likeness (QED) is 0.454. The van der Waals surface area contributed by atoms with Crippen LogP contribution in [0.3, 0.4) is 0 Å². The molecule has 0 spiro atoms. The zero-order valence-corrected chi connectivity index (χ0v) is 17.3. The average Bonchev–Trinajstić information content (AvgIpc) is 2.70. The first-order valence-corrected chi connectivity index (χ1v) is 12.1. The summed E-state index contributed by atoms with van der Waals surface area (Å²) in [6.45, 7) is 4.58. The van der Waals surface area contributed by atoms with Crippen molar-refractivity contribution in [1.82, 2.24) is 0 Å². The van der Waals surface area contributed by atoms with Gasteiger partial charge in [0.25, 0.3) is 0 Å². The highest BCUT2D eigenvalue weighted by atomic mass is 31.1. The van der Waals surface area contributed by atoms with Crippen LogP contribution in [0, 0.1) is 0 Å². The Hall–Kier alpha value is -1.74. The van der Waals surface area contributed by atoms with Crippen LogP contribution in [-0.4, -0.2) is 11.8 Å². The van der Waals surface area contributed by atoms with E-state index in [9.17, 15) is 0 Å². The lowest BCUT2D eigenvalue weighted by molar-refractivity contribution is 1.11. The van der Waals surface area contributed by atoms with Gasteiger partial charge >= 0.3 is 0 Å². The first-order valence-electron chi connectivity index (χ1n) is 9.13. The van der Waals surface area contributed by atoms with Crippen LogP contribution >= 0.6 is 15.8 Å². The van der Waals surface area contributed by atoms with E-state index in [0.717, 1.165) is 0 Å². The van der Waals surface area contributed by atoms with Crippen molar-refractivity contribution in [2.45, 2.75) is 19.5 Å². The molecule has 1 unspecified atom stereocenters. The maximum atomic E-state index is 2.44. The molecule has 0 aliphatic rings. The van der Waals surface area contributed by atoms with E-state index in [1.165, 1.54) is 22.1 Å². The molecular weight excluding hydrogens is 350 g/mol. The summed E-state index contributed by atoms with van der Waals surface area (Å²) in [5, 5.41) is 4.43. The number of hydrogen-bond donors (Lipinski definition) is 0. The van der Waals surface area contributed by atoms with Gasteiger partial charge in [-0.2, -0.15) is 0 Å². The van der Waals surface area contributed by atoms with Crippen LogP contribution in [-0.2, 0) is 0 Å². The summed E-state index contributed by atoms with van der Waals surface area (Å²) in [6.07, 6.45) is 3.44. The monoisotopic (exact) mass is 376 g/mol. The van der Waals surface area contributed by atoms with Gasteiger partial charge in [0.05, 0.1) is 0 Å². The molecule has 0 bridgehead atoms. The van der Waals surface area contributed by atoms with Gasteiger partial charge in [0.15, 0.2) is 0 Å². The largest absolute Gasteiger partial charge is 0.0869 e. The second-order valence-electron chi connectivity index (χ2n) is 6.36. The van der Waals surface area contributed by atoms with Gasteiger partial charge in [-0.1, -0.05) is 118 Å². The molecule has 0 aromatic heterocycles. The molecule has 3 aromatic rings. The Kier molecular flexibility index (Phi) is 7.19. The molecule has 3 rings (SSSR count). The van der Waals surface area contributed by atoms with Crippen LogP contribution in [0.4, 0.5) is 0 Å². The molecule has 132 valence electrons. The lowest BCUT2D eigenvalue weighted by Gasteiger charge is -2.28. The molecule has 0 fully saturated rings. The normalized spacial score (nSPS) is 13.8. The van der Waals surface area contributed by atoms with E-state index in [2.05, 4.69) is 117 Å². The molecule has 0 radical (unpaired) electrons. The van der Waals surface area contributed by atoms with Crippen molar-refractivity contribution >= 4 is 31.8 Å². The third-order valence-corrected chi connectivity index (χ3v) is 10.0. The topological polar surface area (TPSA) is 0 Å². The minimum Gasteiger partial charge on any atom is -0.0869 e. The summed E-state index contributed by atoms with van der Waals surface area (Å²) in [5.74, 6) is 2.42. The van der Waals surface area contributed by atoms with Crippen LogP contribution < -0.4 is 15.9 Å². The molecule has 0 heterocycles. The van der Waals surface area contributed by atoms with Gasteiger partial charge in [0.1, 0.15) is 0 Å². The minimum atomic E-state index is -0.363. The fourth-order valence-corrected chi connectivity index (χ4v) is 8.73. The Morgan fingerprint density at radius 2 is 1.12 bits per heavy atom. The summed E-state index contributed by atoms with van der Waals surface area (Å²) in [7, 11) is -0.636. The van der Waals surface area contributed by atoms with E-state index < -0.39 is 0 Å². The zero-order valence-electron chi connectivity index (χ0n) is 15.5. The van der Waals surface area contributed by atoms with Crippen molar-refractivity contribution in [3.8, 4) is 0 Å². The van der Waals surface area contributed by atoms with E-state index in [4.69, 9.17) is 0 Å². The molecule has 0 N–H and O–H groups in total. The Morgan fingerprint density at radius 3 is 1.54 bits per heavy atom. The van der Waals surface area contributed by atoms with E-state index in [-0.39, 0.29) is 15.8 Å². The SMILES string of the molecule is C/C=C/P(C[C@@H](C)P(c1ccccc1)c1ccccc1)c1ccccc1. The molecule has 2 atom stereocenters. The highest BCUT2D eigenvalue weighted by Gasteiger charge is 2.23. The summed E-state index contributed by atoms with van der Waals surface area (Å²) in [5.41, 5.74) is 0.623. The molecule has 3 aromatic carbocycles. The van der Waals surface area contributed by atoms with Crippen LogP contribution in [0.5, 0.6) is 0 Å². The van der Waals surface area contributed by atoms with Gasteiger partial charge in [-0.15, -0.1) is 0 Å². The van der Waals surface area contributed by atoms with Crippen molar-refractivity contribution < 1.29 is 0 Å². The first kappa shape index (κ1) is 19.0. The molecule has 0 aliphatic heterocycles. The Balaban J connectivity index is 1.91. The summed E-state index contributed by atoms with van der Waals surface area (Å²) < 4.78 is 0. The minimum absolute atomic E-state index is 0.273. The van der Waals surface area contributed by atoms with E-state index in [0.29, 0.717) is 5.66 Å². The Labute approximate surface area is 160 Å². The molecule has 0 saturated carbocycles. The fraction of sp³-hybridized carbons (Fsp3) is 0.167. The average molecular weight is 376 g/mol. The highest BCUT2D eigenvalue weighted by Crippen LogP contribution is 2.47. The van der Waals surface area contributed by atoms with Crippen LogP contribution in [0.15, 0.2) is 103 Å². The van der Waals surface area contributed by atoms with Gasteiger partial charge in [-0.3, -0.25) is 0 Å². The summed E-state index contributed by atoms with van der Waals surface area (Å²) in [4.78, 5) is 0. The van der Waals surface area contributed by atoms with Crippen LogP contribution in [0.1, 0.15) is 13.8 Å². The van der Waals surface area contributed by atoms with Crippen molar-refractivity contribution in [2.75, 3.05) is 6.16 Å². The maximum Gasteiger partial charge on any atom is -0.0112 e. The molecular formula is C24H26P2. The summed E-state index contributed by atoms with van der Waals surface area (Å²) in [6, 6.07) is 33.1. The highest BCUT2D eigenvalue weighted by molar-refractivity contribution is 7.75. The van der Waals surface area contributed by atoms with Crippen molar-refractivity contribution in [3.05, 3.63) is 103 Å².